The highest BCUT2D eigenvalue weighted by Gasteiger charge is 2.06. The molecule has 0 atom stereocenters. The fraction of sp³-hybridized carbons (Fsp3) is 0.200. The molecule has 0 bridgehead atoms. The smallest absolute Gasteiger partial charge is 0.332 e. The number of benzene rings is 1. The molecule has 2 amide bonds. The lowest BCUT2D eigenvalue weighted by atomic mass is 10.3. The summed E-state index contributed by atoms with van der Waals surface area (Å²) in [6.45, 7) is 0.770. The molecule has 2 rings (SSSR count). The van der Waals surface area contributed by atoms with Gasteiger partial charge in [-0.3, -0.25) is 0 Å². The summed E-state index contributed by atoms with van der Waals surface area (Å²) in [4.78, 5) is 25.1. The molecule has 1 aromatic carbocycles. The Morgan fingerprint density at radius 3 is 3.00 bits per heavy atom. The van der Waals surface area contributed by atoms with Crippen LogP contribution in [-0.2, 0) is 6.54 Å². The summed E-state index contributed by atoms with van der Waals surface area (Å²) >= 11 is 0. The maximum atomic E-state index is 11.0. The van der Waals surface area contributed by atoms with Crippen molar-refractivity contribution in [3.63, 3.8) is 0 Å². The van der Waals surface area contributed by atoms with E-state index in [0.29, 0.717) is 6.54 Å². The van der Waals surface area contributed by atoms with Gasteiger partial charge < -0.3 is 9.88 Å². The quantitative estimate of drug-likeness (QED) is 0.609. The van der Waals surface area contributed by atoms with E-state index in [4.69, 9.17) is 0 Å². The molecule has 8 nitrogen and oxygen atoms in total. The normalized spacial score (nSPS) is 10.2. The van der Waals surface area contributed by atoms with E-state index in [1.54, 1.807) is 6.33 Å². The van der Waals surface area contributed by atoms with Gasteiger partial charge in [-0.2, -0.15) is 0 Å². The van der Waals surface area contributed by atoms with E-state index in [2.05, 4.69) is 10.3 Å². The average molecular weight is 249 g/mol. The number of aromatic nitrogens is 2. The zero-order valence-electron chi connectivity index (χ0n) is 9.37. The van der Waals surface area contributed by atoms with E-state index >= 15 is 0 Å². The van der Waals surface area contributed by atoms with Crippen LogP contribution in [0.25, 0.3) is 11.0 Å². The minimum atomic E-state index is -0.901. The van der Waals surface area contributed by atoms with Crippen LogP contribution in [0.3, 0.4) is 0 Å². The predicted octanol–water partition coefficient (Wildman–Crippen LogP) is 0.527. The second-order valence-corrected chi connectivity index (χ2v) is 3.55. The van der Waals surface area contributed by atoms with Gasteiger partial charge >= 0.3 is 6.03 Å². The molecule has 2 aromatic rings. The Kier molecular flexibility index (Phi) is 3.37. The van der Waals surface area contributed by atoms with E-state index in [9.17, 15) is 14.9 Å². The first kappa shape index (κ1) is 11.8. The van der Waals surface area contributed by atoms with E-state index in [1.165, 1.54) is 5.43 Å². The van der Waals surface area contributed by atoms with Crippen LogP contribution in [0.2, 0.25) is 0 Å². The number of imidazole rings is 1. The summed E-state index contributed by atoms with van der Waals surface area (Å²) < 4.78 is 1.86. The SMILES string of the molecule is O=C(NCCn1cnc2ccccc21)N[N+](=O)[O-]. The average Bonchev–Trinajstić information content (AvgIpc) is 2.72. The van der Waals surface area contributed by atoms with Gasteiger partial charge in [-0.05, 0) is 12.1 Å². The van der Waals surface area contributed by atoms with Crippen molar-refractivity contribution in [3.8, 4) is 0 Å². The molecule has 0 fully saturated rings. The Morgan fingerprint density at radius 2 is 2.22 bits per heavy atom. The fourth-order valence-electron chi connectivity index (χ4n) is 1.60. The molecule has 18 heavy (non-hydrogen) atoms. The summed E-state index contributed by atoms with van der Waals surface area (Å²) in [7, 11) is 0. The molecule has 0 radical (unpaired) electrons. The van der Waals surface area contributed by atoms with Crippen molar-refractivity contribution in [1.82, 2.24) is 20.3 Å². The lowest BCUT2D eigenvalue weighted by molar-refractivity contribution is -0.527. The molecular weight excluding hydrogens is 238 g/mol. The minimum Gasteiger partial charge on any atom is -0.332 e. The molecule has 8 heteroatoms. The number of rotatable bonds is 4. The summed E-state index contributed by atoms with van der Waals surface area (Å²) in [5, 5.41) is 11.5. The molecule has 1 heterocycles. The first-order valence-electron chi connectivity index (χ1n) is 5.25. The molecular formula is C10H11N5O3. The van der Waals surface area contributed by atoms with Gasteiger partial charge in [-0.25, -0.2) is 19.9 Å². The molecule has 0 aliphatic carbocycles. The van der Waals surface area contributed by atoms with Crippen molar-refractivity contribution in [2.24, 2.45) is 0 Å². The van der Waals surface area contributed by atoms with Crippen LogP contribution in [-0.4, -0.2) is 27.2 Å². The van der Waals surface area contributed by atoms with Crippen molar-refractivity contribution < 1.29 is 9.83 Å². The maximum absolute atomic E-state index is 11.0. The number of nitro groups is 1. The van der Waals surface area contributed by atoms with Crippen LogP contribution in [0.15, 0.2) is 30.6 Å². The van der Waals surface area contributed by atoms with Gasteiger partial charge in [0.25, 0.3) is 0 Å². The summed E-state index contributed by atoms with van der Waals surface area (Å²) in [6.07, 6.45) is 1.66. The van der Waals surface area contributed by atoms with Crippen molar-refractivity contribution >= 4 is 17.1 Å². The standard InChI is InChI=1S/C10H11N5O3/c16-10(13-15(17)18)11-5-6-14-7-12-8-3-1-2-4-9(8)14/h1-4,7H,5-6H2,(H2,11,13,16). The largest absolute Gasteiger partial charge is 0.372 e. The Labute approximate surface area is 102 Å². The Bertz CT molecular complexity index is 580. The van der Waals surface area contributed by atoms with Crippen LogP contribution in [0.4, 0.5) is 4.79 Å². The number of para-hydroxylation sites is 2. The van der Waals surface area contributed by atoms with E-state index in [-0.39, 0.29) is 6.54 Å². The molecule has 2 N–H and O–H groups in total. The van der Waals surface area contributed by atoms with Gasteiger partial charge in [0.15, 0.2) is 5.03 Å². The third-order valence-corrected chi connectivity index (χ3v) is 2.36. The zero-order valence-corrected chi connectivity index (χ0v) is 9.37. The van der Waals surface area contributed by atoms with Gasteiger partial charge in [0.05, 0.1) is 17.4 Å². The summed E-state index contributed by atoms with van der Waals surface area (Å²) in [5.74, 6) is 0. The molecule has 0 saturated carbocycles. The van der Waals surface area contributed by atoms with Crippen molar-refractivity contribution in [3.05, 3.63) is 40.7 Å². The number of carbonyl (C=O) groups excluding carboxylic acids is 1. The van der Waals surface area contributed by atoms with Crippen molar-refractivity contribution in [2.45, 2.75) is 6.54 Å². The Balaban J connectivity index is 1.91. The molecule has 0 aliphatic heterocycles. The molecule has 1 aromatic heterocycles. The van der Waals surface area contributed by atoms with Crippen molar-refractivity contribution in [1.29, 1.82) is 0 Å². The third-order valence-electron chi connectivity index (χ3n) is 2.36. The second-order valence-electron chi connectivity index (χ2n) is 3.55. The Hall–Kier alpha value is -2.64. The molecule has 94 valence electrons. The summed E-state index contributed by atoms with van der Waals surface area (Å²) in [5.41, 5.74) is 3.33. The zero-order chi connectivity index (χ0) is 13.0. The molecule has 0 aliphatic rings. The number of carbonyl (C=O) groups is 1. The third kappa shape index (κ3) is 2.73. The maximum Gasteiger partial charge on any atom is 0.372 e. The molecule has 0 unspecified atom stereocenters. The minimum absolute atomic E-state index is 0.278. The van der Waals surface area contributed by atoms with Crippen LogP contribution >= 0.6 is 0 Å². The van der Waals surface area contributed by atoms with Gasteiger partial charge in [-0.15, -0.1) is 0 Å². The number of nitrogens with zero attached hydrogens (tertiary/aromatic N) is 3. The van der Waals surface area contributed by atoms with E-state index in [1.807, 2.05) is 28.8 Å². The van der Waals surface area contributed by atoms with Crippen LogP contribution < -0.4 is 10.7 Å². The highest BCUT2D eigenvalue weighted by atomic mass is 16.7. The first-order valence-corrected chi connectivity index (χ1v) is 5.25. The predicted molar refractivity (Wildman–Crippen MR) is 63.3 cm³/mol. The molecule has 0 spiro atoms. The monoisotopic (exact) mass is 249 g/mol. The van der Waals surface area contributed by atoms with Gasteiger partial charge in [0, 0.05) is 13.1 Å². The lowest BCUT2D eigenvalue weighted by Crippen LogP contribution is -2.40. The Morgan fingerprint density at radius 1 is 1.44 bits per heavy atom. The molecule has 0 saturated heterocycles. The topological polar surface area (TPSA) is 102 Å². The highest BCUT2D eigenvalue weighted by Crippen LogP contribution is 2.10. The van der Waals surface area contributed by atoms with Crippen LogP contribution in [0.5, 0.6) is 0 Å². The number of nitrogens with one attached hydrogen (secondary N) is 2. The van der Waals surface area contributed by atoms with Gasteiger partial charge in [0.1, 0.15) is 0 Å². The van der Waals surface area contributed by atoms with E-state index in [0.717, 1.165) is 11.0 Å². The van der Waals surface area contributed by atoms with Crippen LogP contribution in [0, 0.1) is 10.1 Å². The van der Waals surface area contributed by atoms with Gasteiger partial charge in [0.2, 0.25) is 0 Å². The second kappa shape index (κ2) is 5.13. The highest BCUT2D eigenvalue weighted by molar-refractivity contribution is 5.75. The number of amides is 2. The number of urea groups is 1. The number of hydrazine groups is 1. The first-order chi connectivity index (χ1) is 8.66. The number of fused-ring (bicyclic) bond motifs is 1. The number of hydrogen-bond donors (Lipinski definition) is 2. The summed E-state index contributed by atoms with van der Waals surface area (Å²) in [6, 6.07) is 6.76. The number of hydrogen-bond acceptors (Lipinski definition) is 4. The van der Waals surface area contributed by atoms with Gasteiger partial charge in [-0.1, -0.05) is 17.6 Å². The van der Waals surface area contributed by atoms with E-state index < -0.39 is 11.1 Å². The fourth-order valence-corrected chi connectivity index (χ4v) is 1.60. The van der Waals surface area contributed by atoms with Crippen LogP contribution in [0.1, 0.15) is 0 Å². The van der Waals surface area contributed by atoms with Crippen molar-refractivity contribution in [2.75, 3.05) is 6.54 Å². The lowest BCUT2D eigenvalue weighted by Gasteiger charge is -2.04.